The van der Waals surface area contributed by atoms with Gasteiger partial charge >= 0.3 is 0 Å². The number of hydrogen-bond acceptors (Lipinski definition) is 7. The lowest BCUT2D eigenvalue weighted by Crippen LogP contribution is -2.35. The minimum Gasteiger partial charge on any atom is -0.396 e. The van der Waals surface area contributed by atoms with Crippen LogP contribution in [0.5, 0.6) is 0 Å². The van der Waals surface area contributed by atoms with Gasteiger partial charge in [0.25, 0.3) is 0 Å². The molecule has 27 heavy (non-hydrogen) atoms. The van der Waals surface area contributed by atoms with Crippen molar-refractivity contribution in [1.82, 2.24) is 19.5 Å². The van der Waals surface area contributed by atoms with Gasteiger partial charge in [0.2, 0.25) is 0 Å². The van der Waals surface area contributed by atoms with Crippen molar-refractivity contribution >= 4 is 45.3 Å². The van der Waals surface area contributed by atoms with Crippen LogP contribution in [-0.2, 0) is 0 Å². The Morgan fingerprint density at radius 3 is 2.70 bits per heavy atom. The van der Waals surface area contributed by atoms with Crippen molar-refractivity contribution in [3.8, 4) is 0 Å². The smallest absolute Gasteiger partial charge is 0.194 e. The van der Waals surface area contributed by atoms with E-state index in [1.165, 1.54) is 0 Å². The predicted octanol–water partition coefficient (Wildman–Crippen LogP) is 1.45. The Kier molecular flexibility index (Phi) is 3.90. The minimum atomic E-state index is -0.966. The van der Waals surface area contributed by atoms with Crippen molar-refractivity contribution in [2.75, 3.05) is 11.9 Å². The topological polar surface area (TPSA) is 116 Å². The highest BCUT2D eigenvalue weighted by atomic mass is 127. The standard InChI is InChI=1S/C18H18IN5O3/c19-17-22-15(21-9-4-2-1-3-5-9)11-16(23-17)24(8-20-11)12-10-6-18(10,7-25)14(27)13(12)26/h1-5,8,10,12-14,25-27H,6-7H2,(H,21,22,23)/t10-,12-,13+,14+,18+/m1/s1. The Morgan fingerprint density at radius 2 is 2.00 bits per heavy atom. The molecule has 0 saturated heterocycles. The molecule has 2 aliphatic rings. The Balaban J connectivity index is 1.58. The van der Waals surface area contributed by atoms with Crippen LogP contribution in [0, 0.1) is 15.2 Å². The van der Waals surface area contributed by atoms with Crippen molar-refractivity contribution in [1.29, 1.82) is 0 Å². The normalized spacial score (nSPS) is 31.9. The molecule has 0 amide bonds. The van der Waals surface area contributed by atoms with E-state index in [4.69, 9.17) is 0 Å². The van der Waals surface area contributed by atoms with Crippen molar-refractivity contribution in [2.45, 2.75) is 24.7 Å². The zero-order valence-corrected chi connectivity index (χ0v) is 16.4. The van der Waals surface area contributed by atoms with Crippen molar-refractivity contribution in [3.05, 3.63) is 40.5 Å². The molecule has 0 spiro atoms. The third kappa shape index (κ3) is 2.49. The lowest BCUT2D eigenvalue weighted by Gasteiger charge is -2.23. The monoisotopic (exact) mass is 479 g/mol. The Morgan fingerprint density at radius 1 is 1.22 bits per heavy atom. The van der Waals surface area contributed by atoms with E-state index in [1.807, 2.05) is 34.9 Å². The molecular formula is C18H18IN5O3. The average molecular weight is 479 g/mol. The second-order valence-electron chi connectivity index (χ2n) is 7.28. The summed E-state index contributed by atoms with van der Waals surface area (Å²) in [6, 6.07) is 9.32. The molecule has 8 nitrogen and oxygen atoms in total. The van der Waals surface area contributed by atoms with Gasteiger partial charge in [0.1, 0.15) is 6.10 Å². The number of aliphatic hydroxyl groups excluding tert-OH is 3. The van der Waals surface area contributed by atoms with E-state index >= 15 is 0 Å². The summed E-state index contributed by atoms with van der Waals surface area (Å²) in [6.07, 6.45) is 0.408. The summed E-state index contributed by atoms with van der Waals surface area (Å²) in [7, 11) is 0. The van der Waals surface area contributed by atoms with Crippen LogP contribution in [0.4, 0.5) is 11.5 Å². The Hall–Kier alpha value is -1.82. The zero-order valence-electron chi connectivity index (χ0n) is 14.2. The first-order valence-electron chi connectivity index (χ1n) is 8.74. The molecule has 0 unspecified atom stereocenters. The van der Waals surface area contributed by atoms with Crippen LogP contribution in [0.2, 0.25) is 0 Å². The second-order valence-corrected chi connectivity index (χ2v) is 8.25. The largest absolute Gasteiger partial charge is 0.396 e. The van der Waals surface area contributed by atoms with Crippen LogP contribution >= 0.6 is 22.6 Å². The number of nitrogens with zero attached hydrogens (tertiary/aromatic N) is 4. The molecule has 5 rings (SSSR count). The maximum absolute atomic E-state index is 10.6. The Labute approximate surface area is 168 Å². The Bertz CT molecular complexity index is 1010. The number of halogens is 1. The number of anilines is 2. The van der Waals surface area contributed by atoms with E-state index in [1.54, 1.807) is 6.33 Å². The molecule has 2 aliphatic carbocycles. The summed E-state index contributed by atoms with van der Waals surface area (Å²) in [4.78, 5) is 13.5. The fourth-order valence-electron chi connectivity index (χ4n) is 4.40. The number of aliphatic hydroxyl groups is 3. The molecule has 3 aromatic rings. The second kappa shape index (κ2) is 6.09. The number of rotatable bonds is 4. The predicted molar refractivity (Wildman–Crippen MR) is 106 cm³/mol. The molecule has 4 N–H and O–H groups in total. The summed E-state index contributed by atoms with van der Waals surface area (Å²) in [5.74, 6) is 0.592. The zero-order chi connectivity index (χ0) is 18.8. The maximum Gasteiger partial charge on any atom is 0.194 e. The number of hydrogen-bond donors (Lipinski definition) is 4. The molecule has 0 aliphatic heterocycles. The number of imidazole rings is 1. The van der Waals surface area contributed by atoms with Crippen LogP contribution in [0.1, 0.15) is 12.5 Å². The van der Waals surface area contributed by atoms with Crippen molar-refractivity contribution in [3.63, 3.8) is 0 Å². The van der Waals surface area contributed by atoms with E-state index in [9.17, 15) is 15.3 Å². The number of para-hydroxylation sites is 1. The lowest BCUT2D eigenvalue weighted by atomic mass is 10.0. The minimum absolute atomic E-state index is 0.00283. The van der Waals surface area contributed by atoms with Gasteiger partial charge in [-0.3, -0.25) is 0 Å². The quantitative estimate of drug-likeness (QED) is 0.331. The third-order valence-electron chi connectivity index (χ3n) is 5.90. The van der Waals surface area contributed by atoms with Crippen LogP contribution in [0.25, 0.3) is 11.2 Å². The first-order chi connectivity index (χ1) is 13.0. The molecule has 1 aromatic carbocycles. The summed E-state index contributed by atoms with van der Waals surface area (Å²) >= 11 is 2.05. The van der Waals surface area contributed by atoms with Gasteiger partial charge in [-0.1, -0.05) is 18.2 Å². The molecule has 9 heteroatoms. The number of nitrogens with one attached hydrogen (secondary N) is 1. The van der Waals surface area contributed by atoms with E-state index in [-0.39, 0.29) is 18.6 Å². The lowest BCUT2D eigenvalue weighted by molar-refractivity contribution is -0.0300. The van der Waals surface area contributed by atoms with E-state index in [0.717, 1.165) is 5.69 Å². The molecule has 140 valence electrons. The number of benzene rings is 1. The molecule has 2 fully saturated rings. The maximum atomic E-state index is 10.6. The molecule has 5 atom stereocenters. The van der Waals surface area contributed by atoms with Gasteiger partial charge in [-0.25, -0.2) is 15.0 Å². The molecular weight excluding hydrogens is 461 g/mol. The summed E-state index contributed by atoms with van der Waals surface area (Å²) in [5.41, 5.74) is 1.49. The SMILES string of the molecule is OC[C@@]12C[C@@H]1[C@@H](n1cnc3c(Nc4ccccc4)nc(I)nc31)[C@H](O)[C@@H]2O. The highest BCUT2D eigenvalue weighted by molar-refractivity contribution is 14.1. The number of fused-ring (bicyclic) bond motifs is 2. The van der Waals surface area contributed by atoms with Gasteiger partial charge in [0.05, 0.1) is 25.1 Å². The first-order valence-corrected chi connectivity index (χ1v) is 9.82. The van der Waals surface area contributed by atoms with Crippen LogP contribution < -0.4 is 5.32 Å². The van der Waals surface area contributed by atoms with Gasteiger partial charge in [-0.15, -0.1) is 0 Å². The van der Waals surface area contributed by atoms with Gasteiger partial charge in [0.15, 0.2) is 20.8 Å². The van der Waals surface area contributed by atoms with Gasteiger partial charge < -0.3 is 25.2 Å². The van der Waals surface area contributed by atoms with E-state index < -0.39 is 17.6 Å². The molecule has 2 saturated carbocycles. The molecule has 2 aromatic heterocycles. The van der Waals surface area contributed by atoms with Gasteiger partial charge in [0, 0.05) is 33.7 Å². The number of aromatic nitrogens is 4. The fraction of sp³-hybridized carbons (Fsp3) is 0.389. The van der Waals surface area contributed by atoms with E-state index in [2.05, 4.69) is 42.9 Å². The van der Waals surface area contributed by atoms with Crippen molar-refractivity contribution in [2.24, 2.45) is 11.3 Å². The molecule has 2 heterocycles. The van der Waals surface area contributed by atoms with Gasteiger partial charge in [-0.2, -0.15) is 0 Å². The van der Waals surface area contributed by atoms with Crippen LogP contribution in [-0.4, -0.2) is 53.7 Å². The third-order valence-corrected chi connectivity index (χ3v) is 6.38. The fourth-order valence-corrected chi connectivity index (χ4v) is 4.87. The molecule has 0 radical (unpaired) electrons. The van der Waals surface area contributed by atoms with Crippen molar-refractivity contribution < 1.29 is 15.3 Å². The highest BCUT2D eigenvalue weighted by Gasteiger charge is 2.71. The highest BCUT2D eigenvalue weighted by Crippen LogP contribution is 2.67. The van der Waals surface area contributed by atoms with Crippen LogP contribution in [0.3, 0.4) is 0 Å². The summed E-state index contributed by atoms with van der Waals surface area (Å²) < 4.78 is 2.37. The summed E-state index contributed by atoms with van der Waals surface area (Å²) in [6.45, 7) is -0.133. The average Bonchev–Trinajstić information content (AvgIpc) is 3.19. The first kappa shape index (κ1) is 17.3. The van der Waals surface area contributed by atoms with E-state index in [0.29, 0.717) is 27.2 Å². The molecule has 0 bridgehead atoms. The summed E-state index contributed by atoms with van der Waals surface area (Å²) in [5, 5.41) is 34.0. The van der Waals surface area contributed by atoms with Gasteiger partial charge in [-0.05, 0) is 24.5 Å². The van der Waals surface area contributed by atoms with Crippen LogP contribution in [0.15, 0.2) is 36.7 Å².